The van der Waals surface area contributed by atoms with E-state index in [1.54, 1.807) is 12.1 Å². The van der Waals surface area contributed by atoms with E-state index in [9.17, 15) is 13.2 Å². The molecule has 24 heavy (non-hydrogen) atoms. The van der Waals surface area contributed by atoms with Gasteiger partial charge in [-0.15, -0.1) is 0 Å². The third-order valence-electron chi connectivity index (χ3n) is 4.86. The van der Waals surface area contributed by atoms with Crippen LogP contribution in [0.4, 0.5) is 0 Å². The normalized spacial score (nSPS) is 27.8. The molecular weight excluding hydrogens is 324 g/mol. The van der Waals surface area contributed by atoms with Gasteiger partial charge in [-0.25, -0.2) is 13.1 Å². The number of aryl methyl sites for hydroxylation is 1. The van der Waals surface area contributed by atoms with Gasteiger partial charge >= 0.3 is 0 Å². The lowest BCUT2D eigenvalue weighted by Gasteiger charge is -2.12. The molecule has 0 spiro atoms. The van der Waals surface area contributed by atoms with Crippen LogP contribution in [0, 0.1) is 11.8 Å². The minimum absolute atomic E-state index is 0.183. The van der Waals surface area contributed by atoms with Gasteiger partial charge in [0.25, 0.3) is 10.0 Å². The molecule has 0 radical (unpaired) electrons. The maximum absolute atomic E-state index is 12.8. The Kier molecular flexibility index (Phi) is 3.72. The standard InChI is InChI=1S/C18H20N2O3S/c21-18-15-12-14(15)6-3-1-2-4-10-20-11-9-13-7-5-8-16(17(13)20)24(22,23)19-18/h3,5-9,11,14-15H,1-2,4,10,12H2,(H,19,21)/b6-3-/t14-,15+/m1/s1. The number of fused-ring (bicyclic) bond motifs is 1. The van der Waals surface area contributed by atoms with Crippen molar-refractivity contribution in [3.8, 4) is 0 Å². The van der Waals surface area contributed by atoms with E-state index < -0.39 is 15.9 Å². The second-order valence-electron chi connectivity index (χ2n) is 6.60. The molecule has 6 heteroatoms. The van der Waals surface area contributed by atoms with Gasteiger partial charge < -0.3 is 4.57 Å². The zero-order chi connectivity index (χ0) is 16.7. The summed E-state index contributed by atoms with van der Waals surface area (Å²) < 4.78 is 29.8. The number of benzene rings is 1. The molecule has 1 aromatic carbocycles. The topological polar surface area (TPSA) is 68.2 Å². The van der Waals surface area contributed by atoms with Crippen LogP contribution in [0.15, 0.2) is 47.5 Å². The highest BCUT2D eigenvalue weighted by Gasteiger charge is 2.42. The summed E-state index contributed by atoms with van der Waals surface area (Å²) in [6.45, 7) is 0.768. The zero-order valence-corrected chi connectivity index (χ0v) is 14.1. The number of hydrogen-bond donors (Lipinski definition) is 1. The number of allylic oxidation sites excluding steroid dienone is 2. The Balaban J connectivity index is 1.79. The largest absolute Gasteiger partial charge is 0.346 e. The SMILES string of the molecule is O=C1NS(=O)(=O)c2cccc3ccn(c23)CCCC/C=C\[C@@H]2C[C@H]12. The quantitative estimate of drug-likeness (QED) is 0.747. The maximum Gasteiger partial charge on any atom is 0.266 e. The van der Waals surface area contributed by atoms with Gasteiger partial charge in [0, 0.05) is 24.0 Å². The molecule has 1 aliphatic carbocycles. The molecule has 1 amide bonds. The molecule has 2 atom stereocenters. The van der Waals surface area contributed by atoms with Crippen molar-refractivity contribution in [1.29, 1.82) is 0 Å². The van der Waals surface area contributed by atoms with Crippen LogP contribution in [-0.2, 0) is 21.4 Å². The van der Waals surface area contributed by atoms with Gasteiger partial charge in [0.15, 0.2) is 0 Å². The number of amides is 1. The van der Waals surface area contributed by atoms with Crippen LogP contribution in [0.3, 0.4) is 0 Å². The molecule has 0 saturated heterocycles. The average molecular weight is 344 g/mol. The van der Waals surface area contributed by atoms with Crippen LogP contribution in [0.1, 0.15) is 25.7 Å². The summed E-state index contributed by atoms with van der Waals surface area (Å²) in [4.78, 5) is 12.5. The number of rotatable bonds is 0. The first kappa shape index (κ1) is 15.4. The Morgan fingerprint density at radius 3 is 2.92 bits per heavy atom. The molecule has 1 aliphatic heterocycles. The van der Waals surface area contributed by atoms with E-state index >= 15 is 0 Å². The Morgan fingerprint density at radius 1 is 1.17 bits per heavy atom. The average Bonchev–Trinajstić information content (AvgIpc) is 3.21. The number of carbonyl (C=O) groups excluding carboxylic acids is 1. The van der Waals surface area contributed by atoms with Gasteiger partial charge in [-0.05, 0) is 43.7 Å². The van der Waals surface area contributed by atoms with Crippen molar-refractivity contribution < 1.29 is 13.2 Å². The first-order valence-electron chi connectivity index (χ1n) is 8.37. The maximum atomic E-state index is 12.8. The Bertz CT molecular complexity index is 927. The van der Waals surface area contributed by atoms with Crippen molar-refractivity contribution in [3.05, 3.63) is 42.6 Å². The molecule has 0 unspecified atom stereocenters. The van der Waals surface area contributed by atoms with E-state index in [0.717, 1.165) is 37.6 Å². The molecule has 2 aliphatic rings. The molecule has 1 saturated carbocycles. The predicted molar refractivity (Wildman–Crippen MR) is 91.9 cm³/mol. The Labute approximate surface area is 141 Å². The van der Waals surface area contributed by atoms with Gasteiger partial charge in [0.05, 0.1) is 5.52 Å². The number of sulfonamides is 1. The summed E-state index contributed by atoms with van der Waals surface area (Å²) in [5.41, 5.74) is 0.678. The van der Waals surface area contributed by atoms with Crippen molar-refractivity contribution >= 4 is 26.8 Å². The van der Waals surface area contributed by atoms with E-state index in [-0.39, 0.29) is 16.7 Å². The van der Waals surface area contributed by atoms with E-state index in [1.807, 2.05) is 22.9 Å². The molecule has 126 valence electrons. The number of para-hydroxylation sites is 1. The lowest BCUT2D eigenvalue weighted by molar-refractivity contribution is -0.120. The number of carbonyl (C=O) groups is 1. The molecule has 2 heterocycles. The summed E-state index contributed by atoms with van der Waals surface area (Å²) in [5.74, 6) is -0.426. The van der Waals surface area contributed by atoms with Crippen molar-refractivity contribution in [3.63, 3.8) is 0 Å². The molecule has 2 aromatic rings. The lowest BCUT2D eigenvalue weighted by atomic mass is 10.2. The van der Waals surface area contributed by atoms with Crippen molar-refractivity contribution in [1.82, 2.24) is 9.29 Å². The highest BCUT2D eigenvalue weighted by atomic mass is 32.2. The fourth-order valence-electron chi connectivity index (χ4n) is 3.44. The first-order chi connectivity index (χ1) is 11.6. The van der Waals surface area contributed by atoms with Crippen LogP contribution in [0.2, 0.25) is 0 Å². The summed E-state index contributed by atoms with van der Waals surface area (Å²) in [5, 5.41) is 0.876. The van der Waals surface area contributed by atoms with Crippen LogP contribution in [0.5, 0.6) is 0 Å². The summed E-state index contributed by atoms with van der Waals surface area (Å²) >= 11 is 0. The molecular formula is C18H20N2O3S. The third kappa shape index (κ3) is 2.75. The van der Waals surface area contributed by atoms with E-state index in [2.05, 4.69) is 16.9 Å². The van der Waals surface area contributed by atoms with E-state index in [1.165, 1.54) is 0 Å². The van der Waals surface area contributed by atoms with Crippen LogP contribution in [-0.4, -0.2) is 18.9 Å². The number of nitrogens with one attached hydrogen (secondary N) is 1. The number of nitrogens with zero attached hydrogens (tertiary/aromatic N) is 1. The first-order valence-corrected chi connectivity index (χ1v) is 9.86. The minimum atomic E-state index is -3.87. The molecule has 4 rings (SSSR count). The van der Waals surface area contributed by atoms with Gasteiger partial charge in [-0.1, -0.05) is 24.3 Å². The van der Waals surface area contributed by atoms with Gasteiger partial charge in [-0.2, -0.15) is 0 Å². The minimum Gasteiger partial charge on any atom is -0.346 e. The van der Waals surface area contributed by atoms with Crippen molar-refractivity contribution in [2.45, 2.75) is 37.1 Å². The fraction of sp³-hybridized carbons (Fsp3) is 0.389. The second-order valence-corrected chi connectivity index (χ2v) is 8.25. The molecule has 5 nitrogen and oxygen atoms in total. The predicted octanol–water partition coefficient (Wildman–Crippen LogP) is 2.82. The summed E-state index contributed by atoms with van der Waals surface area (Å²) in [7, 11) is -3.87. The van der Waals surface area contributed by atoms with Crippen LogP contribution in [0.25, 0.3) is 10.9 Å². The van der Waals surface area contributed by atoms with Gasteiger partial charge in [0.1, 0.15) is 4.90 Å². The van der Waals surface area contributed by atoms with Crippen molar-refractivity contribution in [2.75, 3.05) is 0 Å². The molecule has 1 fully saturated rings. The molecule has 0 bridgehead atoms. The van der Waals surface area contributed by atoms with Crippen LogP contribution < -0.4 is 4.72 Å². The molecule has 1 aromatic heterocycles. The van der Waals surface area contributed by atoms with Gasteiger partial charge in [-0.3, -0.25) is 4.79 Å². The summed E-state index contributed by atoms with van der Waals surface area (Å²) in [6, 6.07) is 7.11. The van der Waals surface area contributed by atoms with Gasteiger partial charge in [0.2, 0.25) is 5.91 Å². The second kappa shape index (κ2) is 5.77. The number of aromatic nitrogens is 1. The number of hydrogen-bond acceptors (Lipinski definition) is 3. The monoisotopic (exact) mass is 344 g/mol. The third-order valence-corrected chi connectivity index (χ3v) is 6.23. The highest BCUT2D eigenvalue weighted by Crippen LogP contribution is 2.40. The van der Waals surface area contributed by atoms with E-state index in [4.69, 9.17) is 0 Å². The summed E-state index contributed by atoms with van der Waals surface area (Å²) in [6.07, 6.45) is 9.87. The Morgan fingerprint density at radius 2 is 2.04 bits per heavy atom. The van der Waals surface area contributed by atoms with E-state index in [0.29, 0.717) is 5.52 Å². The fourth-order valence-corrected chi connectivity index (χ4v) is 4.71. The smallest absolute Gasteiger partial charge is 0.266 e. The van der Waals surface area contributed by atoms with Crippen LogP contribution >= 0.6 is 0 Å². The lowest BCUT2D eigenvalue weighted by Crippen LogP contribution is -2.32. The zero-order valence-electron chi connectivity index (χ0n) is 13.3. The highest BCUT2D eigenvalue weighted by molar-refractivity contribution is 7.90. The Hall–Kier alpha value is -2.08. The molecule has 1 N–H and O–H groups in total. The van der Waals surface area contributed by atoms with Crippen molar-refractivity contribution in [2.24, 2.45) is 11.8 Å².